The normalized spacial score (nSPS) is 11.4. The Hall–Kier alpha value is -3.45. The summed E-state index contributed by atoms with van der Waals surface area (Å²) in [4.78, 5) is 12.0. The first-order chi connectivity index (χ1) is 15.8. The van der Waals surface area contributed by atoms with Gasteiger partial charge in [0.25, 0.3) is 0 Å². The Balaban J connectivity index is 2.30. The number of hydrogen-bond donors (Lipinski definition) is 2. The third-order valence-electron chi connectivity index (χ3n) is 5.21. The fourth-order valence-electron chi connectivity index (χ4n) is 3.54. The highest BCUT2D eigenvalue weighted by atomic mass is 32.2. The molecule has 0 fully saturated rings. The van der Waals surface area contributed by atoms with Crippen molar-refractivity contribution in [1.82, 2.24) is 9.78 Å². The molecule has 172 valence electrons. The summed E-state index contributed by atoms with van der Waals surface area (Å²) in [7, 11) is 1.51. The number of rotatable bonds is 9. The second-order valence-corrected chi connectivity index (χ2v) is 8.76. The van der Waals surface area contributed by atoms with Crippen molar-refractivity contribution >= 4 is 34.8 Å². The van der Waals surface area contributed by atoms with E-state index in [1.165, 1.54) is 13.2 Å². The molecule has 0 amide bonds. The van der Waals surface area contributed by atoms with Crippen LogP contribution in [0.4, 0.5) is 11.5 Å². The molecule has 3 aromatic rings. The number of aromatic nitrogens is 2. The predicted octanol–water partition coefficient (Wildman–Crippen LogP) is 6.61. The fourth-order valence-corrected chi connectivity index (χ4v) is 4.20. The zero-order valence-electron chi connectivity index (χ0n) is 19.6. The second-order valence-electron chi connectivity index (χ2n) is 7.62. The van der Waals surface area contributed by atoms with Crippen LogP contribution in [0.25, 0.3) is 11.3 Å². The monoisotopic (exact) mass is 463 g/mol. The van der Waals surface area contributed by atoms with Gasteiger partial charge in [-0.2, -0.15) is 5.10 Å². The Morgan fingerprint density at radius 3 is 2.61 bits per heavy atom. The van der Waals surface area contributed by atoms with E-state index in [0.29, 0.717) is 17.3 Å². The number of carboxylic acid groups (broad SMARTS) is 1. The molecule has 6 nitrogen and oxygen atoms in total. The van der Waals surface area contributed by atoms with Crippen LogP contribution in [0.1, 0.15) is 41.0 Å². The van der Waals surface area contributed by atoms with Crippen molar-refractivity contribution in [3.05, 3.63) is 82.4 Å². The quantitative estimate of drug-likeness (QED) is 0.348. The average Bonchev–Trinajstić information content (AvgIpc) is 3.09. The molecule has 1 heterocycles. The number of methoxy groups -OCH3 is 1. The number of hydrogen-bond acceptors (Lipinski definition) is 5. The minimum atomic E-state index is -1.05. The van der Waals surface area contributed by atoms with Crippen LogP contribution in [0.15, 0.2) is 60.0 Å². The maximum Gasteiger partial charge on any atom is 0.337 e. The summed E-state index contributed by atoms with van der Waals surface area (Å²) in [6.45, 7) is 12.2. The number of anilines is 2. The van der Waals surface area contributed by atoms with Crippen molar-refractivity contribution in [2.24, 2.45) is 0 Å². The Labute approximate surface area is 199 Å². The molecule has 0 atom stereocenters. The van der Waals surface area contributed by atoms with E-state index in [2.05, 4.69) is 24.2 Å². The van der Waals surface area contributed by atoms with E-state index < -0.39 is 5.97 Å². The van der Waals surface area contributed by atoms with Crippen molar-refractivity contribution < 1.29 is 14.6 Å². The minimum Gasteiger partial charge on any atom is -0.497 e. The lowest BCUT2D eigenvalue weighted by Crippen LogP contribution is -2.09. The molecule has 0 saturated heterocycles. The highest BCUT2D eigenvalue weighted by molar-refractivity contribution is 8.02. The summed E-state index contributed by atoms with van der Waals surface area (Å²) in [5.41, 5.74) is 6.08. The Morgan fingerprint density at radius 1 is 1.27 bits per heavy atom. The number of aryl methyl sites for hydroxylation is 2. The lowest BCUT2D eigenvalue weighted by atomic mass is 10.0. The lowest BCUT2D eigenvalue weighted by molar-refractivity contribution is 0.0697. The fraction of sp³-hybridized carbons (Fsp3) is 0.231. The summed E-state index contributed by atoms with van der Waals surface area (Å²) in [5, 5.41) is 20.1. The topological polar surface area (TPSA) is 76.4 Å². The summed E-state index contributed by atoms with van der Waals surface area (Å²) in [6.07, 6.45) is 0. The molecule has 7 heteroatoms. The molecule has 0 saturated carbocycles. The predicted molar refractivity (Wildman–Crippen MR) is 137 cm³/mol. The van der Waals surface area contributed by atoms with Gasteiger partial charge in [0.2, 0.25) is 0 Å². The van der Waals surface area contributed by atoms with Gasteiger partial charge in [0.15, 0.2) is 0 Å². The van der Waals surface area contributed by atoms with Gasteiger partial charge in [-0.1, -0.05) is 31.7 Å². The van der Waals surface area contributed by atoms with Gasteiger partial charge in [0.1, 0.15) is 11.6 Å². The van der Waals surface area contributed by atoms with Gasteiger partial charge in [-0.05, 0) is 72.9 Å². The first kappa shape index (κ1) is 24.2. The molecule has 3 rings (SSSR count). The van der Waals surface area contributed by atoms with Gasteiger partial charge in [-0.3, -0.25) is 0 Å². The number of aromatic carboxylic acids is 1. The van der Waals surface area contributed by atoms with Gasteiger partial charge >= 0.3 is 5.97 Å². The Bertz CT molecular complexity index is 1230. The molecule has 0 bridgehead atoms. The molecule has 0 aliphatic carbocycles. The van der Waals surface area contributed by atoms with Crippen molar-refractivity contribution in [2.75, 3.05) is 18.2 Å². The van der Waals surface area contributed by atoms with Gasteiger partial charge in [-0.25, -0.2) is 9.48 Å². The lowest BCUT2D eigenvalue weighted by Gasteiger charge is -2.17. The van der Waals surface area contributed by atoms with Crippen LogP contribution < -0.4 is 10.1 Å². The van der Waals surface area contributed by atoms with Crippen LogP contribution >= 0.6 is 11.8 Å². The number of nitrogens with zero attached hydrogens (tertiary/aromatic N) is 2. The molecule has 0 aliphatic rings. The Morgan fingerprint density at radius 2 is 2.00 bits per heavy atom. The van der Waals surface area contributed by atoms with E-state index in [-0.39, 0.29) is 5.56 Å². The molecule has 33 heavy (non-hydrogen) atoms. The third-order valence-corrected chi connectivity index (χ3v) is 5.95. The summed E-state index contributed by atoms with van der Waals surface area (Å²) >= 11 is 1.69. The van der Waals surface area contributed by atoms with Crippen molar-refractivity contribution in [1.29, 1.82) is 0 Å². The molecule has 2 aromatic carbocycles. The van der Waals surface area contributed by atoms with Crippen molar-refractivity contribution in [3.8, 4) is 11.4 Å². The Kier molecular flexibility index (Phi) is 7.66. The van der Waals surface area contributed by atoms with Crippen LogP contribution in [0.5, 0.6) is 5.75 Å². The average molecular weight is 464 g/mol. The van der Waals surface area contributed by atoms with E-state index >= 15 is 0 Å². The van der Waals surface area contributed by atoms with E-state index in [1.807, 2.05) is 49.7 Å². The highest BCUT2D eigenvalue weighted by Crippen LogP contribution is 2.38. The number of benzene rings is 2. The van der Waals surface area contributed by atoms with Crippen molar-refractivity contribution in [3.63, 3.8) is 0 Å². The number of nitrogens with one attached hydrogen (secondary N) is 1. The molecular formula is C26H29N3O3S. The molecule has 0 radical (unpaired) electrons. The smallest absolute Gasteiger partial charge is 0.337 e. The number of thioether (sulfide) groups is 1. The molecule has 0 aliphatic heterocycles. The van der Waals surface area contributed by atoms with Crippen molar-refractivity contribution in [2.45, 2.75) is 27.7 Å². The first-order valence-electron chi connectivity index (χ1n) is 10.6. The summed E-state index contributed by atoms with van der Waals surface area (Å²) in [6, 6.07) is 12.9. The summed E-state index contributed by atoms with van der Waals surface area (Å²) in [5.74, 6) is 1.03. The maximum atomic E-state index is 12.0. The largest absolute Gasteiger partial charge is 0.497 e. The van der Waals surface area contributed by atoms with Crippen LogP contribution in [-0.2, 0) is 0 Å². The first-order valence-corrected chi connectivity index (χ1v) is 11.6. The zero-order valence-corrected chi connectivity index (χ0v) is 20.4. The molecule has 0 unspecified atom stereocenters. The van der Waals surface area contributed by atoms with Crippen LogP contribution in [0.2, 0.25) is 0 Å². The van der Waals surface area contributed by atoms with E-state index in [4.69, 9.17) is 9.84 Å². The summed E-state index contributed by atoms with van der Waals surface area (Å²) < 4.78 is 7.07. The number of carbonyl (C=O) groups is 1. The highest BCUT2D eigenvalue weighted by Gasteiger charge is 2.23. The van der Waals surface area contributed by atoms with Gasteiger partial charge < -0.3 is 15.2 Å². The zero-order chi connectivity index (χ0) is 24.1. The van der Waals surface area contributed by atoms with Crippen LogP contribution in [0, 0.1) is 13.8 Å². The van der Waals surface area contributed by atoms with E-state index in [0.717, 1.165) is 39.4 Å². The SMILES string of the molecule is C=C(C)/C(=C\SCC)c1c(C)nn(-c2ccccc2C)c1Nc1ccc(OC)cc1C(=O)O. The third kappa shape index (κ3) is 5.14. The number of carboxylic acids is 1. The standard InChI is InChI=1S/C26H29N3O3S/c1-7-33-15-21(16(2)3)24-18(5)28-29(23-11-9-8-10-17(23)4)25(24)27-22-13-12-19(32-6)14-20(22)26(30)31/h8-15,27H,2,7H2,1,3-6H3,(H,30,31)/b21-15+. The van der Waals surface area contributed by atoms with E-state index in [9.17, 15) is 9.90 Å². The second kappa shape index (κ2) is 10.4. The molecule has 1 aromatic heterocycles. The number of allylic oxidation sites excluding steroid dienone is 2. The molecular weight excluding hydrogens is 434 g/mol. The van der Waals surface area contributed by atoms with E-state index in [1.54, 1.807) is 23.9 Å². The van der Waals surface area contributed by atoms with Crippen LogP contribution in [-0.4, -0.2) is 33.7 Å². The van der Waals surface area contributed by atoms with Crippen LogP contribution in [0.3, 0.4) is 0 Å². The molecule has 2 N–H and O–H groups in total. The van der Waals surface area contributed by atoms with Gasteiger partial charge in [0, 0.05) is 5.56 Å². The van der Waals surface area contributed by atoms with Gasteiger partial charge in [-0.15, -0.1) is 11.8 Å². The number of ether oxygens (including phenoxy) is 1. The molecule has 0 spiro atoms. The minimum absolute atomic E-state index is 0.110. The number of para-hydroxylation sites is 1. The maximum absolute atomic E-state index is 12.0. The van der Waals surface area contributed by atoms with Gasteiger partial charge in [0.05, 0.1) is 29.7 Å².